The molecular formula is C18H18F3NO. The third-order valence-corrected chi connectivity index (χ3v) is 3.28. The molecule has 2 aromatic rings. The van der Waals surface area contributed by atoms with Gasteiger partial charge in [-0.1, -0.05) is 42.0 Å². The van der Waals surface area contributed by atoms with E-state index in [1.54, 1.807) is 12.1 Å². The van der Waals surface area contributed by atoms with E-state index in [2.05, 4.69) is 21.8 Å². The average molecular weight is 321 g/mol. The minimum Gasteiger partial charge on any atom is -0.406 e. The molecule has 0 aliphatic rings. The van der Waals surface area contributed by atoms with E-state index in [4.69, 9.17) is 0 Å². The van der Waals surface area contributed by atoms with E-state index in [0.717, 1.165) is 11.3 Å². The van der Waals surface area contributed by atoms with Crippen molar-refractivity contribution >= 4 is 11.8 Å². The Balaban J connectivity index is 1.91. The van der Waals surface area contributed by atoms with Gasteiger partial charge in [0.25, 0.3) is 0 Å². The Morgan fingerprint density at radius 2 is 1.61 bits per heavy atom. The fourth-order valence-electron chi connectivity index (χ4n) is 2.03. The predicted octanol–water partition coefficient (Wildman–Crippen LogP) is 5.04. The number of alkyl halides is 3. The summed E-state index contributed by atoms with van der Waals surface area (Å²) in [6.45, 7) is 2.74. The van der Waals surface area contributed by atoms with Crippen LogP contribution in [0.3, 0.4) is 0 Å². The van der Waals surface area contributed by atoms with Gasteiger partial charge in [0.2, 0.25) is 0 Å². The zero-order valence-corrected chi connectivity index (χ0v) is 13.0. The summed E-state index contributed by atoms with van der Waals surface area (Å²) in [5, 5.41) is 0. The molecule has 2 rings (SSSR count). The molecule has 23 heavy (non-hydrogen) atoms. The maximum Gasteiger partial charge on any atom is 0.573 e. The largest absolute Gasteiger partial charge is 0.573 e. The summed E-state index contributed by atoms with van der Waals surface area (Å²) in [5.74, 6) is -0.216. The fourth-order valence-corrected chi connectivity index (χ4v) is 2.03. The molecule has 0 aliphatic heterocycles. The fraction of sp³-hybridized carbons (Fsp3) is 0.222. The van der Waals surface area contributed by atoms with Crippen LogP contribution in [0.15, 0.2) is 54.6 Å². The lowest BCUT2D eigenvalue weighted by Crippen LogP contribution is -2.17. The van der Waals surface area contributed by atoms with E-state index in [0.29, 0.717) is 6.54 Å². The van der Waals surface area contributed by atoms with E-state index >= 15 is 0 Å². The van der Waals surface area contributed by atoms with Crippen molar-refractivity contribution in [3.05, 3.63) is 65.7 Å². The van der Waals surface area contributed by atoms with Gasteiger partial charge in [-0.25, -0.2) is 0 Å². The Labute approximate surface area is 133 Å². The number of benzene rings is 2. The Bertz CT molecular complexity index is 645. The predicted molar refractivity (Wildman–Crippen MR) is 86.6 cm³/mol. The van der Waals surface area contributed by atoms with Gasteiger partial charge in [-0.3, -0.25) is 0 Å². The van der Waals surface area contributed by atoms with Crippen molar-refractivity contribution in [1.29, 1.82) is 0 Å². The number of nitrogens with zero attached hydrogens (tertiary/aromatic N) is 1. The molecule has 0 aromatic heterocycles. The minimum absolute atomic E-state index is 0.216. The standard InChI is InChI=1S/C18H18F3NO/c1-14-5-9-16(10-6-14)22(2)13-3-4-15-7-11-17(12-8-15)23-18(19,20)21/h3-12H,13H2,1-2H3/b4-3+. The molecule has 0 atom stereocenters. The highest BCUT2D eigenvalue weighted by Crippen LogP contribution is 2.23. The lowest BCUT2D eigenvalue weighted by atomic mass is 10.2. The smallest absolute Gasteiger partial charge is 0.406 e. The van der Waals surface area contributed by atoms with Gasteiger partial charge in [-0.15, -0.1) is 13.2 Å². The lowest BCUT2D eigenvalue weighted by Gasteiger charge is -2.17. The quantitative estimate of drug-likeness (QED) is 0.764. The summed E-state index contributed by atoms with van der Waals surface area (Å²) < 4.78 is 40.1. The molecule has 0 heterocycles. The molecule has 0 N–H and O–H groups in total. The van der Waals surface area contributed by atoms with Crippen LogP contribution in [0.2, 0.25) is 0 Å². The van der Waals surface area contributed by atoms with Gasteiger partial charge in [0.15, 0.2) is 0 Å². The average Bonchev–Trinajstić information content (AvgIpc) is 2.48. The van der Waals surface area contributed by atoms with Crippen molar-refractivity contribution in [3.63, 3.8) is 0 Å². The van der Waals surface area contributed by atoms with Crippen LogP contribution in [0.25, 0.3) is 6.08 Å². The monoisotopic (exact) mass is 321 g/mol. The third-order valence-electron chi connectivity index (χ3n) is 3.28. The van der Waals surface area contributed by atoms with Gasteiger partial charge < -0.3 is 9.64 Å². The van der Waals surface area contributed by atoms with Crippen LogP contribution in [0.5, 0.6) is 5.75 Å². The second-order valence-electron chi connectivity index (χ2n) is 5.24. The number of halogens is 3. The van der Waals surface area contributed by atoms with Crippen LogP contribution in [0.1, 0.15) is 11.1 Å². The van der Waals surface area contributed by atoms with Gasteiger partial charge >= 0.3 is 6.36 Å². The molecule has 2 nitrogen and oxygen atoms in total. The van der Waals surface area contributed by atoms with Crippen molar-refractivity contribution in [3.8, 4) is 5.75 Å². The highest BCUT2D eigenvalue weighted by atomic mass is 19.4. The molecule has 0 radical (unpaired) electrons. The van der Waals surface area contributed by atoms with Gasteiger partial charge in [0, 0.05) is 19.3 Å². The minimum atomic E-state index is -4.66. The van der Waals surface area contributed by atoms with Crippen LogP contribution >= 0.6 is 0 Å². The first-order valence-corrected chi connectivity index (χ1v) is 7.14. The molecule has 0 spiro atoms. The maximum absolute atomic E-state index is 12.1. The van der Waals surface area contributed by atoms with Crippen LogP contribution in [0.4, 0.5) is 18.9 Å². The van der Waals surface area contributed by atoms with Crippen molar-refractivity contribution < 1.29 is 17.9 Å². The van der Waals surface area contributed by atoms with E-state index in [1.165, 1.54) is 17.7 Å². The van der Waals surface area contributed by atoms with Crippen molar-refractivity contribution in [1.82, 2.24) is 0 Å². The molecule has 0 saturated heterocycles. The van der Waals surface area contributed by atoms with E-state index in [1.807, 2.05) is 38.3 Å². The number of hydrogen-bond acceptors (Lipinski definition) is 2. The SMILES string of the molecule is Cc1ccc(N(C)C/C=C/c2ccc(OC(F)(F)F)cc2)cc1. The summed E-state index contributed by atoms with van der Waals surface area (Å²) in [6, 6.07) is 14.0. The zero-order chi connectivity index (χ0) is 16.9. The molecule has 0 unspecified atom stereocenters. The molecule has 0 fully saturated rings. The van der Waals surface area contributed by atoms with E-state index in [9.17, 15) is 13.2 Å². The van der Waals surface area contributed by atoms with Crippen LogP contribution in [0, 0.1) is 6.92 Å². The van der Waals surface area contributed by atoms with Crippen LogP contribution < -0.4 is 9.64 Å². The molecule has 2 aromatic carbocycles. The summed E-state index contributed by atoms with van der Waals surface area (Å²) >= 11 is 0. The molecule has 122 valence electrons. The normalized spacial score (nSPS) is 11.7. The Kier molecular flexibility index (Phi) is 5.32. The van der Waals surface area contributed by atoms with Crippen molar-refractivity contribution in [2.45, 2.75) is 13.3 Å². The van der Waals surface area contributed by atoms with Gasteiger partial charge in [0.1, 0.15) is 5.75 Å². The van der Waals surface area contributed by atoms with Crippen LogP contribution in [-0.4, -0.2) is 20.0 Å². The highest BCUT2D eigenvalue weighted by Gasteiger charge is 2.30. The molecule has 0 saturated carbocycles. The molecule has 0 amide bonds. The molecule has 0 bridgehead atoms. The van der Waals surface area contributed by atoms with E-state index in [-0.39, 0.29) is 5.75 Å². The van der Waals surface area contributed by atoms with Gasteiger partial charge in [-0.05, 0) is 36.8 Å². The first kappa shape index (κ1) is 16.9. The number of likely N-dealkylation sites (N-methyl/N-ethyl adjacent to an activating group) is 1. The number of ether oxygens (including phenoxy) is 1. The molecular weight excluding hydrogens is 303 g/mol. The first-order valence-electron chi connectivity index (χ1n) is 7.14. The number of aryl methyl sites for hydroxylation is 1. The lowest BCUT2D eigenvalue weighted by molar-refractivity contribution is -0.274. The third kappa shape index (κ3) is 5.70. The van der Waals surface area contributed by atoms with Crippen LogP contribution in [-0.2, 0) is 0 Å². The Morgan fingerprint density at radius 1 is 1.00 bits per heavy atom. The van der Waals surface area contributed by atoms with Crippen molar-refractivity contribution in [2.24, 2.45) is 0 Å². The maximum atomic E-state index is 12.1. The number of hydrogen-bond donors (Lipinski definition) is 0. The van der Waals surface area contributed by atoms with Gasteiger partial charge in [-0.2, -0.15) is 0 Å². The Hall–Kier alpha value is -2.43. The summed E-state index contributed by atoms with van der Waals surface area (Å²) in [7, 11) is 1.98. The zero-order valence-electron chi connectivity index (χ0n) is 13.0. The summed E-state index contributed by atoms with van der Waals surface area (Å²) in [6.07, 6.45) is -0.838. The topological polar surface area (TPSA) is 12.5 Å². The summed E-state index contributed by atoms with van der Waals surface area (Å²) in [4.78, 5) is 2.08. The number of rotatable bonds is 5. The second kappa shape index (κ2) is 7.22. The number of anilines is 1. The van der Waals surface area contributed by atoms with Crippen molar-refractivity contribution in [2.75, 3.05) is 18.5 Å². The van der Waals surface area contributed by atoms with Gasteiger partial charge in [0.05, 0.1) is 0 Å². The second-order valence-corrected chi connectivity index (χ2v) is 5.24. The highest BCUT2D eigenvalue weighted by molar-refractivity contribution is 5.53. The molecule has 0 aliphatic carbocycles. The first-order chi connectivity index (χ1) is 10.8. The summed E-state index contributed by atoms with van der Waals surface area (Å²) in [5.41, 5.74) is 3.13. The van der Waals surface area contributed by atoms with E-state index < -0.39 is 6.36 Å². The molecule has 5 heteroatoms. The Morgan fingerprint density at radius 3 is 2.17 bits per heavy atom.